The molecule has 2 aliphatic heterocycles. The van der Waals surface area contributed by atoms with E-state index in [-0.39, 0.29) is 11.8 Å². The van der Waals surface area contributed by atoms with Gasteiger partial charge in [-0.3, -0.25) is 4.79 Å². The van der Waals surface area contributed by atoms with Crippen molar-refractivity contribution in [1.82, 2.24) is 20.2 Å². The Morgan fingerprint density at radius 3 is 2.81 bits per heavy atom. The van der Waals surface area contributed by atoms with Crippen molar-refractivity contribution in [2.75, 3.05) is 44.6 Å². The van der Waals surface area contributed by atoms with E-state index in [0.29, 0.717) is 31.3 Å². The van der Waals surface area contributed by atoms with Crippen molar-refractivity contribution in [3.8, 4) is 0 Å². The van der Waals surface area contributed by atoms with Crippen LogP contribution in [0.2, 0.25) is 0 Å². The molecule has 1 saturated heterocycles. The zero-order valence-corrected chi connectivity index (χ0v) is 14.6. The first-order chi connectivity index (χ1) is 12.8. The number of carbonyl (C=O) groups excluding carboxylic acids is 1. The molecule has 136 valence electrons. The van der Waals surface area contributed by atoms with Crippen LogP contribution in [0.25, 0.3) is 0 Å². The molecule has 1 amide bonds. The zero-order valence-electron chi connectivity index (χ0n) is 14.6. The minimum atomic E-state index is -0.00680. The number of hydrogen-bond donors (Lipinski definition) is 2. The average molecular weight is 353 g/mol. The third-order valence-electron chi connectivity index (χ3n) is 4.88. The number of piperazine rings is 1. The Labute approximate surface area is 152 Å². The van der Waals surface area contributed by atoms with Crippen LogP contribution in [0.4, 0.5) is 5.95 Å². The third kappa shape index (κ3) is 3.68. The van der Waals surface area contributed by atoms with Gasteiger partial charge in [0, 0.05) is 51.0 Å². The van der Waals surface area contributed by atoms with Crippen molar-refractivity contribution in [1.29, 1.82) is 0 Å². The maximum Gasteiger partial charge on any atom is 0.257 e. The summed E-state index contributed by atoms with van der Waals surface area (Å²) in [6.45, 7) is 5.16. The van der Waals surface area contributed by atoms with E-state index in [9.17, 15) is 4.79 Å². The summed E-state index contributed by atoms with van der Waals surface area (Å²) in [6.07, 6.45) is 3.20. The SMILES string of the molecule is O=C(c1cnc(NCC2COCc3ccccc32)nc1)N1CCNCC1. The molecule has 1 fully saturated rings. The second-order valence-corrected chi connectivity index (χ2v) is 6.63. The summed E-state index contributed by atoms with van der Waals surface area (Å²) in [7, 11) is 0. The Hall–Kier alpha value is -2.51. The van der Waals surface area contributed by atoms with Gasteiger partial charge >= 0.3 is 0 Å². The van der Waals surface area contributed by atoms with Crippen molar-refractivity contribution in [2.45, 2.75) is 12.5 Å². The van der Waals surface area contributed by atoms with Crippen LogP contribution in [-0.4, -0.2) is 60.1 Å². The Morgan fingerprint density at radius 2 is 2.00 bits per heavy atom. The third-order valence-corrected chi connectivity index (χ3v) is 4.88. The van der Waals surface area contributed by atoms with E-state index in [1.54, 1.807) is 12.4 Å². The standard InChI is InChI=1S/C19H23N5O2/c25-18(24-7-5-20-6-8-24)15-9-21-19(22-10-15)23-11-16-13-26-12-14-3-1-2-4-17(14)16/h1-4,9-10,16,20H,5-8,11-13H2,(H,21,22,23). The largest absolute Gasteiger partial charge is 0.376 e. The lowest BCUT2D eigenvalue weighted by Crippen LogP contribution is -2.46. The van der Waals surface area contributed by atoms with Crippen molar-refractivity contribution in [2.24, 2.45) is 0 Å². The molecule has 1 atom stereocenters. The number of benzene rings is 1. The van der Waals surface area contributed by atoms with Crippen LogP contribution in [0.1, 0.15) is 27.4 Å². The number of rotatable bonds is 4. The number of aromatic nitrogens is 2. The minimum absolute atomic E-state index is 0.00680. The second kappa shape index (κ2) is 7.80. The van der Waals surface area contributed by atoms with Crippen LogP contribution in [0.5, 0.6) is 0 Å². The van der Waals surface area contributed by atoms with Crippen LogP contribution < -0.4 is 10.6 Å². The fourth-order valence-electron chi connectivity index (χ4n) is 3.43. The quantitative estimate of drug-likeness (QED) is 0.861. The lowest BCUT2D eigenvalue weighted by atomic mass is 9.93. The number of amides is 1. The molecule has 3 heterocycles. The number of ether oxygens (including phenoxy) is 1. The first-order valence-corrected chi connectivity index (χ1v) is 9.03. The highest BCUT2D eigenvalue weighted by atomic mass is 16.5. The fourth-order valence-corrected chi connectivity index (χ4v) is 3.43. The van der Waals surface area contributed by atoms with Crippen LogP contribution in [0.3, 0.4) is 0 Å². The predicted molar refractivity (Wildman–Crippen MR) is 98.1 cm³/mol. The molecule has 1 aromatic carbocycles. The Bertz CT molecular complexity index is 759. The van der Waals surface area contributed by atoms with Crippen molar-refractivity contribution < 1.29 is 9.53 Å². The molecule has 7 heteroatoms. The Kier molecular flexibility index (Phi) is 5.08. The number of carbonyl (C=O) groups is 1. The molecule has 0 radical (unpaired) electrons. The maximum atomic E-state index is 12.4. The van der Waals surface area contributed by atoms with E-state index >= 15 is 0 Å². The van der Waals surface area contributed by atoms with Crippen LogP contribution in [0, 0.1) is 0 Å². The van der Waals surface area contributed by atoms with Gasteiger partial charge in [-0.25, -0.2) is 9.97 Å². The summed E-state index contributed by atoms with van der Waals surface area (Å²) in [5.41, 5.74) is 3.09. The monoisotopic (exact) mass is 353 g/mol. The molecule has 26 heavy (non-hydrogen) atoms. The van der Waals surface area contributed by atoms with E-state index in [1.165, 1.54) is 11.1 Å². The number of hydrogen-bond acceptors (Lipinski definition) is 6. The highest BCUT2D eigenvalue weighted by Gasteiger charge is 2.21. The van der Waals surface area contributed by atoms with Crippen LogP contribution in [-0.2, 0) is 11.3 Å². The summed E-state index contributed by atoms with van der Waals surface area (Å²) in [4.78, 5) is 22.9. The van der Waals surface area contributed by atoms with Crippen LogP contribution in [0.15, 0.2) is 36.7 Å². The molecular weight excluding hydrogens is 330 g/mol. The first-order valence-electron chi connectivity index (χ1n) is 9.03. The molecule has 0 saturated carbocycles. The molecule has 1 unspecified atom stereocenters. The van der Waals surface area contributed by atoms with E-state index in [0.717, 1.165) is 26.2 Å². The van der Waals surface area contributed by atoms with E-state index in [2.05, 4.69) is 38.8 Å². The highest BCUT2D eigenvalue weighted by Crippen LogP contribution is 2.26. The van der Waals surface area contributed by atoms with Gasteiger partial charge in [0.15, 0.2) is 0 Å². The Morgan fingerprint density at radius 1 is 1.23 bits per heavy atom. The summed E-state index contributed by atoms with van der Waals surface area (Å²) >= 11 is 0. The van der Waals surface area contributed by atoms with E-state index < -0.39 is 0 Å². The van der Waals surface area contributed by atoms with Gasteiger partial charge in [0.05, 0.1) is 18.8 Å². The van der Waals surface area contributed by atoms with Gasteiger partial charge in [0.25, 0.3) is 5.91 Å². The first kappa shape index (κ1) is 16.9. The van der Waals surface area contributed by atoms with Gasteiger partial charge in [-0.1, -0.05) is 24.3 Å². The van der Waals surface area contributed by atoms with Crippen molar-refractivity contribution >= 4 is 11.9 Å². The molecular formula is C19H23N5O2. The molecule has 2 N–H and O–H groups in total. The number of fused-ring (bicyclic) bond motifs is 1. The lowest BCUT2D eigenvalue weighted by molar-refractivity contribution is 0.0735. The molecule has 2 aliphatic rings. The highest BCUT2D eigenvalue weighted by molar-refractivity contribution is 5.93. The minimum Gasteiger partial charge on any atom is -0.376 e. The summed E-state index contributed by atoms with van der Waals surface area (Å²) in [5.74, 6) is 0.795. The zero-order chi connectivity index (χ0) is 17.8. The van der Waals surface area contributed by atoms with E-state index in [1.807, 2.05) is 11.0 Å². The topological polar surface area (TPSA) is 79.4 Å². The summed E-state index contributed by atoms with van der Waals surface area (Å²) in [6, 6.07) is 8.36. The summed E-state index contributed by atoms with van der Waals surface area (Å²) < 4.78 is 5.68. The maximum absolute atomic E-state index is 12.4. The van der Waals surface area contributed by atoms with Gasteiger partial charge < -0.3 is 20.3 Å². The van der Waals surface area contributed by atoms with Gasteiger partial charge in [-0.05, 0) is 11.1 Å². The smallest absolute Gasteiger partial charge is 0.257 e. The molecule has 0 bridgehead atoms. The molecule has 0 aliphatic carbocycles. The van der Waals surface area contributed by atoms with Gasteiger partial charge in [-0.2, -0.15) is 0 Å². The molecule has 2 aromatic rings. The molecule has 1 aromatic heterocycles. The molecule has 4 rings (SSSR count). The van der Waals surface area contributed by atoms with Crippen LogP contribution >= 0.6 is 0 Å². The number of nitrogens with one attached hydrogen (secondary N) is 2. The summed E-state index contributed by atoms with van der Waals surface area (Å²) in [5, 5.41) is 6.50. The van der Waals surface area contributed by atoms with Gasteiger partial charge in [0.1, 0.15) is 0 Å². The Balaban J connectivity index is 1.37. The molecule has 0 spiro atoms. The number of nitrogens with zero attached hydrogens (tertiary/aromatic N) is 3. The fraction of sp³-hybridized carbons (Fsp3) is 0.421. The van der Waals surface area contributed by atoms with Gasteiger partial charge in [0.2, 0.25) is 5.95 Å². The van der Waals surface area contributed by atoms with Gasteiger partial charge in [-0.15, -0.1) is 0 Å². The second-order valence-electron chi connectivity index (χ2n) is 6.63. The van der Waals surface area contributed by atoms with Crippen molar-refractivity contribution in [3.63, 3.8) is 0 Å². The van der Waals surface area contributed by atoms with Crippen molar-refractivity contribution in [3.05, 3.63) is 53.3 Å². The predicted octanol–water partition coefficient (Wildman–Crippen LogP) is 1.25. The average Bonchev–Trinajstić information content (AvgIpc) is 2.73. The van der Waals surface area contributed by atoms with E-state index in [4.69, 9.17) is 4.74 Å². The number of anilines is 1. The normalized spacial score (nSPS) is 19.7. The molecule has 7 nitrogen and oxygen atoms in total. The lowest BCUT2D eigenvalue weighted by Gasteiger charge is -2.27.